The number of likely N-dealkylation sites (tertiary alicyclic amines) is 1. The van der Waals surface area contributed by atoms with Crippen molar-refractivity contribution in [3.05, 3.63) is 30.1 Å². The number of pyridine rings is 1. The van der Waals surface area contributed by atoms with E-state index in [-0.39, 0.29) is 0 Å². The van der Waals surface area contributed by atoms with Gasteiger partial charge in [-0.1, -0.05) is 6.07 Å². The molecule has 1 saturated heterocycles. The minimum absolute atomic E-state index is 0.488. The minimum atomic E-state index is 0.488. The maximum absolute atomic E-state index is 4.24. The molecule has 3 heteroatoms. The lowest BCUT2D eigenvalue weighted by atomic mass is 10.0. The van der Waals surface area contributed by atoms with Crippen LogP contribution < -0.4 is 5.32 Å². The first-order valence-corrected chi connectivity index (χ1v) is 7.23. The summed E-state index contributed by atoms with van der Waals surface area (Å²) in [6, 6.07) is 6.24. The van der Waals surface area contributed by atoms with Gasteiger partial charge in [0, 0.05) is 37.1 Å². The van der Waals surface area contributed by atoms with Crippen molar-refractivity contribution in [1.29, 1.82) is 0 Å². The van der Waals surface area contributed by atoms with Crippen molar-refractivity contribution >= 4 is 0 Å². The Morgan fingerprint density at radius 1 is 1.33 bits per heavy atom. The molecule has 1 N–H and O–H groups in total. The third kappa shape index (κ3) is 2.90. The minimum Gasteiger partial charge on any atom is -0.310 e. The fourth-order valence-electron chi connectivity index (χ4n) is 2.91. The van der Waals surface area contributed by atoms with Crippen LogP contribution in [0, 0.1) is 0 Å². The largest absolute Gasteiger partial charge is 0.310 e. The van der Waals surface area contributed by atoms with E-state index in [1.165, 1.54) is 44.3 Å². The summed E-state index contributed by atoms with van der Waals surface area (Å²) in [4.78, 5) is 6.83. The summed E-state index contributed by atoms with van der Waals surface area (Å²) in [6.07, 6.45) is 9.28. The van der Waals surface area contributed by atoms with E-state index in [4.69, 9.17) is 0 Å². The van der Waals surface area contributed by atoms with Crippen molar-refractivity contribution in [3.8, 4) is 0 Å². The van der Waals surface area contributed by atoms with E-state index in [1.54, 1.807) is 0 Å². The van der Waals surface area contributed by atoms with Crippen molar-refractivity contribution in [2.24, 2.45) is 0 Å². The molecule has 0 amide bonds. The van der Waals surface area contributed by atoms with Crippen molar-refractivity contribution in [3.63, 3.8) is 0 Å². The normalized spacial score (nSPS) is 27.1. The summed E-state index contributed by atoms with van der Waals surface area (Å²) in [5.41, 5.74) is 1.34. The highest BCUT2D eigenvalue weighted by molar-refractivity contribution is 5.13. The maximum atomic E-state index is 4.24. The first-order valence-electron chi connectivity index (χ1n) is 7.23. The summed E-state index contributed by atoms with van der Waals surface area (Å²) in [5.74, 6) is 0. The second-order valence-corrected chi connectivity index (χ2v) is 5.74. The van der Waals surface area contributed by atoms with Crippen LogP contribution in [0.3, 0.4) is 0 Å². The SMILES string of the molecule is CC(c1cccnc1)N1CCCC(NC2CC2)C1. The van der Waals surface area contributed by atoms with Crippen LogP contribution in [0.25, 0.3) is 0 Å². The second-order valence-electron chi connectivity index (χ2n) is 5.74. The van der Waals surface area contributed by atoms with Gasteiger partial charge in [0.25, 0.3) is 0 Å². The summed E-state index contributed by atoms with van der Waals surface area (Å²) in [6.45, 7) is 4.71. The van der Waals surface area contributed by atoms with Crippen LogP contribution in [0.15, 0.2) is 24.5 Å². The third-order valence-corrected chi connectivity index (χ3v) is 4.22. The number of hydrogen-bond acceptors (Lipinski definition) is 3. The molecule has 3 rings (SSSR count). The Hall–Kier alpha value is -0.930. The van der Waals surface area contributed by atoms with E-state index in [0.29, 0.717) is 12.1 Å². The molecule has 3 nitrogen and oxygen atoms in total. The number of nitrogens with one attached hydrogen (secondary N) is 1. The summed E-state index contributed by atoms with van der Waals surface area (Å²) >= 11 is 0. The monoisotopic (exact) mass is 245 g/mol. The molecule has 0 spiro atoms. The average molecular weight is 245 g/mol. The van der Waals surface area contributed by atoms with Crippen LogP contribution in [0.4, 0.5) is 0 Å². The fraction of sp³-hybridized carbons (Fsp3) is 0.667. The molecule has 1 aliphatic carbocycles. The standard InChI is InChI=1S/C15H23N3/c1-12(13-4-2-8-16-10-13)18-9-3-5-15(11-18)17-14-6-7-14/h2,4,8,10,12,14-15,17H,3,5-7,9,11H2,1H3. The number of aromatic nitrogens is 1. The van der Waals surface area contributed by atoms with Gasteiger partial charge in [0.05, 0.1) is 0 Å². The number of nitrogens with zero attached hydrogens (tertiary/aromatic N) is 2. The molecule has 18 heavy (non-hydrogen) atoms. The predicted octanol–water partition coefficient (Wildman–Crippen LogP) is 2.36. The first-order chi connectivity index (χ1) is 8.83. The van der Waals surface area contributed by atoms with E-state index >= 15 is 0 Å². The summed E-state index contributed by atoms with van der Waals surface area (Å²) in [7, 11) is 0. The van der Waals surface area contributed by atoms with Crippen LogP contribution in [-0.4, -0.2) is 35.1 Å². The Bertz CT molecular complexity index is 375. The fourth-order valence-corrected chi connectivity index (χ4v) is 2.91. The molecule has 1 aromatic heterocycles. The molecule has 2 heterocycles. The van der Waals surface area contributed by atoms with E-state index in [9.17, 15) is 0 Å². The average Bonchev–Trinajstić information content (AvgIpc) is 3.23. The molecule has 0 aromatic carbocycles. The van der Waals surface area contributed by atoms with Crippen LogP contribution >= 0.6 is 0 Å². The van der Waals surface area contributed by atoms with Gasteiger partial charge in [-0.3, -0.25) is 9.88 Å². The Morgan fingerprint density at radius 2 is 2.22 bits per heavy atom. The highest BCUT2D eigenvalue weighted by Gasteiger charge is 2.29. The van der Waals surface area contributed by atoms with Crippen molar-refractivity contribution in [2.75, 3.05) is 13.1 Å². The van der Waals surface area contributed by atoms with Gasteiger partial charge in [-0.2, -0.15) is 0 Å². The molecule has 1 aromatic rings. The Balaban J connectivity index is 1.60. The molecular weight excluding hydrogens is 222 g/mol. The predicted molar refractivity (Wildman–Crippen MR) is 73.4 cm³/mol. The van der Waals surface area contributed by atoms with Gasteiger partial charge in [0.1, 0.15) is 0 Å². The molecule has 0 bridgehead atoms. The lowest BCUT2D eigenvalue weighted by molar-refractivity contribution is 0.145. The van der Waals surface area contributed by atoms with Gasteiger partial charge in [-0.25, -0.2) is 0 Å². The number of piperidine rings is 1. The second kappa shape index (κ2) is 5.37. The quantitative estimate of drug-likeness (QED) is 0.882. The zero-order chi connectivity index (χ0) is 12.4. The first kappa shape index (κ1) is 12.1. The lowest BCUT2D eigenvalue weighted by Crippen LogP contribution is -2.47. The van der Waals surface area contributed by atoms with Gasteiger partial charge < -0.3 is 5.32 Å². The van der Waals surface area contributed by atoms with Crippen molar-refractivity contribution in [2.45, 2.75) is 50.7 Å². The molecule has 1 aliphatic heterocycles. The Labute approximate surface area is 110 Å². The van der Waals surface area contributed by atoms with Gasteiger partial charge in [0.15, 0.2) is 0 Å². The van der Waals surface area contributed by atoms with Crippen LogP contribution in [0.2, 0.25) is 0 Å². The van der Waals surface area contributed by atoms with Crippen LogP contribution in [-0.2, 0) is 0 Å². The van der Waals surface area contributed by atoms with Gasteiger partial charge >= 0.3 is 0 Å². The topological polar surface area (TPSA) is 28.2 Å². The maximum Gasteiger partial charge on any atom is 0.0335 e. The van der Waals surface area contributed by atoms with Gasteiger partial charge in [-0.05, 0) is 50.8 Å². The van der Waals surface area contributed by atoms with E-state index in [2.05, 4.69) is 28.2 Å². The lowest BCUT2D eigenvalue weighted by Gasteiger charge is -2.37. The molecule has 0 radical (unpaired) electrons. The van der Waals surface area contributed by atoms with E-state index in [0.717, 1.165) is 6.04 Å². The Kier molecular flexibility index (Phi) is 3.62. The molecular formula is C15H23N3. The summed E-state index contributed by atoms with van der Waals surface area (Å²) in [5, 5.41) is 3.77. The smallest absolute Gasteiger partial charge is 0.0335 e. The number of rotatable bonds is 4. The van der Waals surface area contributed by atoms with Crippen LogP contribution in [0.5, 0.6) is 0 Å². The molecule has 2 fully saturated rings. The summed E-state index contributed by atoms with van der Waals surface area (Å²) < 4.78 is 0. The van der Waals surface area contributed by atoms with Crippen LogP contribution in [0.1, 0.15) is 44.2 Å². The van der Waals surface area contributed by atoms with E-state index < -0.39 is 0 Å². The van der Waals surface area contributed by atoms with Crippen molar-refractivity contribution in [1.82, 2.24) is 15.2 Å². The molecule has 2 aliphatic rings. The zero-order valence-corrected chi connectivity index (χ0v) is 11.2. The number of hydrogen-bond donors (Lipinski definition) is 1. The van der Waals surface area contributed by atoms with Gasteiger partial charge in [-0.15, -0.1) is 0 Å². The molecule has 98 valence electrons. The van der Waals surface area contributed by atoms with Gasteiger partial charge in [0.2, 0.25) is 0 Å². The van der Waals surface area contributed by atoms with E-state index in [1.807, 2.05) is 18.5 Å². The zero-order valence-electron chi connectivity index (χ0n) is 11.2. The molecule has 1 saturated carbocycles. The highest BCUT2D eigenvalue weighted by Crippen LogP contribution is 2.26. The van der Waals surface area contributed by atoms with Crippen molar-refractivity contribution < 1.29 is 0 Å². The Morgan fingerprint density at radius 3 is 2.94 bits per heavy atom. The highest BCUT2D eigenvalue weighted by atomic mass is 15.2. The third-order valence-electron chi connectivity index (χ3n) is 4.22. The molecule has 2 unspecified atom stereocenters. The molecule has 2 atom stereocenters.